The summed E-state index contributed by atoms with van der Waals surface area (Å²) in [7, 11) is -4.32. The van der Waals surface area contributed by atoms with E-state index in [2.05, 4.69) is 20.0 Å². The topological polar surface area (TPSA) is 182 Å². The van der Waals surface area contributed by atoms with Crippen LogP contribution < -0.4 is 20.1 Å². The summed E-state index contributed by atoms with van der Waals surface area (Å²) >= 11 is 0. The summed E-state index contributed by atoms with van der Waals surface area (Å²) in [5.74, 6) is -0.385. The zero-order valence-corrected chi connectivity index (χ0v) is 26.2. The number of carbonyl (C=O) groups excluding carboxylic acids is 1. The number of benzene rings is 1. The summed E-state index contributed by atoms with van der Waals surface area (Å²) in [6.45, 7) is 4.22. The van der Waals surface area contributed by atoms with Gasteiger partial charge in [0.15, 0.2) is 23.1 Å². The van der Waals surface area contributed by atoms with Gasteiger partial charge >= 0.3 is 13.7 Å². The average Bonchev–Trinajstić information content (AvgIpc) is 3.32. The van der Waals surface area contributed by atoms with Crippen LogP contribution in [0.1, 0.15) is 65.5 Å². The van der Waals surface area contributed by atoms with E-state index in [9.17, 15) is 14.5 Å². The van der Waals surface area contributed by atoms with Crippen molar-refractivity contribution in [3.63, 3.8) is 0 Å². The second kappa shape index (κ2) is 11.8. The van der Waals surface area contributed by atoms with E-state index in [1.807, 2.05) is 0 Å². The first-order valence-electron chi connectivity index (χ1n) is 15.1. The fourth-order valence-corrected chi connectivity index (χ4v) is 7.67. The smallest absolute Gasteiger partial charge is 0.459 e. The van der Waals surface area contributed by atoms with Gasteiger partial charge in [0.25, 0.3) is 0 Å². The predicted molar refractivity (Wildman–Crippen MR) is 159 cm³/mol. The van der Waals surface area contributed by atoms with E-state index in [1.54, 1.807) is 37.3 Å². The zero-order chi connectivity index (χ0) is 32.0. The molecular formula is C29H38FN6O8P. The van der Waals surface area contributed by atoms with Crippen LogP contribution in [0.3, 0.4) is 0 Å². The van der Waals surface area contributed by atoms with E-state index in [1.165, 1.54) is 24.7 Å². The number of imidazole rings is 1. The van der Waals surface area contributed by atoms with E-state index in [0.717, 1.165) is 32.1 Å². The van der Waals surface area contributed by atoms with Crippen LogP contribution in [0.2, 0.25) is 0 Å². The number of alkyl halides is 1. The predicted octanol–water partition coefficient (Wildman–Crippen LogP) is 4.00. The van der Waals surface area contributed by atoms with Crippen molar-refractivity contribution in [2.45, 2.75) is 94.5 Å². The number of rotatable bonds is 12. The number of hydrogen-bond acceptors (Lipinski definition) is 12. The Kier molecular flexibility index (Phi) is 8.27. The first-order chi connectivity index (χ1) is 21.4. The van der Waals surface area contributed by atoms with Crippen molar-refractivity contribution in [3.8, 4) is 11.6 Å². The second-order valence-corrected chi connectivity index (χ2v) is 13.6. The maximum absolute atomic E-state index is 16.5. The molecule has 0 bridgehead atoms. The number of nitrogens with zero attached hydrogens (tertiary/aromatic N) is 4. The molecule has 3 fully saturated rings. The Morgan fingerprint density at radius 2 is 2.00 bits per heavy atom. The molecule has 0 radical (unpaired) electrons. The number of halogens is 1. The van der Waals surface area contributed by atoms with Gasteiger partial charge in [0.2, 0.25) is 11.8 Å². The molecule has 3 aromatic rings. The Balaban J connectivity index is 1.23. The number of fused-ring (bicyclic) bond motifs is 2. The molecule has 0 amide bonds. The van der Waals surface area contributed by atoms with Gasteiger partial charge in [-0.25, -0.2) is 13.9 Å². The Hall–Kier alpha value is -3.36. The van der Waals surface area contributed by atoms with Crippen molar-refractivity contribution in [2.75, 3.05) is 18.9 Å². The first-order valence-corrected chi connectivity index (χ1v) is 16.6. The molecule has 6 atom stereocenters. The molecule has 1 saturated heterocycles. The fraction of sp³-hybridized carbons (Fsp3) is 0.586. The summed E-state index contributed by atoms with van der Waals surface area (Å²) in [4.78, 5) is 25.5. The minimum absolute atomic E-state index is 0.116. The summed E-state index contributed by atoms with van der Waals surface area (Å²) in [6, 6.07) is 7.19. The Morgan fingerprint density at radius 1 is 1.27 bits per heavy atom. The molecule has 45 heavy (non-hydrogen) atoms. The van der Waals surface area contributed by atoms with E-state index in [4.69, 9.17) is 29.0 Å². The van der Waals surface area contributed by atoms with Crippen molar-refractivity contribution in [2.24, 2.45) is 0 Å². The molecule has 1 unspecified atom stereocenters. The van der Waals surface area contributed by atoms with Gasteiger partial charge < -0.3 is 29.6 Å². The molecule has 1 aliphatic heterocycles. The standard InChI is InChI=1S/C29H38FN6O8P/c1-4-40-23-21-22(33-26(31)34-23)36(17-32-21)25-27(3,30)29(38)15-28(29,43-25)16-41-45(39,44-20-13-9-6-10-14-20)35-18(2)24(37)42-19-11-7-5-8-12-19/h6,9-10,13-14,17-19,25,38H,4-5,7-8,11-12,15-16H2,1-3H3,(H,35,39)(H2,31,33,34)/t18-,25+,27-,28+,29-,45?/m0/s1. The Labute approximate surface area is 259 Å². The molecule has 6 rings (SSSR count). The lowest BCUT2D eigenvalue weighted by molar-refractivity contribution is -0.152. The molecule has 3 heterocycles. The van der Waals surface area contributed by atoms with Crippen molar-refractivity contribution in [1.82, 2.24) is 24.6 Å². The van der Waals surface area contributed by atoms with Gasteiger partial charge in [-0.1, -0.05) is 24.6 Å². The molecule has 1 aromatic carbocycles. The van der Waals surface area contributed by atoms with Crippen molar-refractivity contribution >= 4 is 30.8 Å². The monoisotopic (exact) mass is 648 g/mol. The number of nitrogen functional groups attached to an aromatic ring is 1. The number of hydrogen-bond donors (Lipinski definition) is 3. The van der Waals surface area contributed by atoms with Crippen LogP contribution in [0.5, 0.6) is 11.6 Å². The fourth-order valence-electron chi connectivity index (χ4n) is 6.13. The highest BCUT2D eigenvalue weighted by atomic mass is 31.2. The normalized spacial score (nSPS) is 29.9. The van der Waals surface area contributed by atoms with E-state index in [0.29, 0.717) is 0 Å². The quantitative estimate of drug-likeness (QED) is 0.190. The molecule has 2 aliphatic carbocycles. The van der Waals surface area contributed by atoms with Crippen LogP contribution in [0, 0.1) is 0 Å². The lowest BCUT2D eigenvalue weighted by Gasteiger charge is -2.28. The van der Waals surface area contributed by atoms with Gasteiger partial charge in [-0.2, -0.15) is 15.1 Å². The van der Waals surface area contributed by atoms with Crippen LogP contribution >= 0.6 is 7.75 Å². The van der Waals surface area contributed by atoms with Crippen LogP contribution in [-0.2, 0) is 23.4 Å². The summed E-state index contributed by atoms with van der Waals surface area (Å²) in [5, 5.41) is 14.2. The molecule has 244 valence electrons. The first kappa shape index (κ1) is 31.6. The SMILES string of the molecule is CCOc1nc(N)nc2c1ncn2[C@@H]1O[C@@]2(COP(=O)(N[C@@H](C)C(=O)OC3CCCCC3)Oc3ccccc3)C[C@]2(O)[C@@]1(C)F. The summed E-state index contributed by atoms with van der Waals surface area (Å²) < 4.78 is 60.9. The van der Waals surface area contributed by atoms with Crippen LogP contribution in [0.25, 0.3) is 11.2 Å². The van der Waals surface area contributed by atoms with Crippen LogP contribution in [0.4, 0.5) is 10.3 Å². The number of carbonyl (C=O) groups is 1. The summed E-state index contributed by atoms with van der Waals surface area (Å²) in [5.41, 5.74) is 0.258. The van der Waals surface area contributed by atoms with Crippen LogP contribution in [0.15, 0.2) is 36.7 Å². The lowest BCUT2D eigenvalue weighted by atomic mass is 9.96. The Bertz CT molecular complexity index is 1600. The molecule has 14 nitrogen and oxygen atoms in total. The van der Waals surface area contributed by atoms with Gasteiger partial charge in [0, 0.05) is 6.42 Å². The number of ether oxygens (including phenoxy) is 3. The zero-order valence-electron chi connectivity index (χ0n) is 25.3. The highest BCUT2D eigenvalue weighted by Gasteiger charge is 2.85. The third kappa shape index (κ3) is 5.76. The third-order valence-electron chi connectivity index (χ3n) is 8.70. The molecule has 2 aromatic heterocycles. The molecule has 16 heteroatoms. The molecular weight excluding hydrogens is 610 g/mol. The van der Waals surface area contributed by atoms with Gasteiger partial charge in [0.1, 0.15) is 29.1 Å². The van der Waals surface area contributed by atoms with Crippen molar-refractivity contribution < 1.29 is 42.1 Å². The highest BCUT2D eigenvalue weighted by molar-refractivity contribution is 7.52. The van der Waals surface area contributed by atoms with Gasteiger partial charge in [-0.15, -0.1) is 0 Å². The average molecular weight is 649 g/mol. The Morgan fingerprint density at radius 3 is 2.71 bits per heavy atom. The minimum atomic E-state index is -4.32. The van der Waals surface area contributed by atoms with E-state index >= 15 is 4.39 Å². The molecule has 2 saturated carbocycles. The number of anilines is 1. The van der Waals surface area contributed by atoms with E-state index in [-0.39, 0.29) is 47.9 Å². The van der Waals surface area contributed by atoms with Crippen molar-refractivity contribution in [1.29, 1.82) is 0 Å². The maximum Gasteiger partial charge on any atom is 0.459 e. The third-order valence-corrected chi connectivity index (χ3v) is 10.3. The maximum atomic E-state index is 16.5. The number of aromatic nitrogens is 4. The lowest BCUT2D eigenvalue weighted by Crippen LogP contribution is -2.43. The van der Waals surface area contributed by atoms with Gasteiger partial charge in [-0.3, -0.25) is 13.9 Å². The number of para-hydroxylation sites is 1. The van der Waals surface area contributed by atoms with Gasteiger partial charge in [0.05, 0.1) is 19.5 Å². The highest BCUT2D eigenvalue weighted by Crippen LogP contribution is 2.69. The number of nitrogens with two attached hydrogens (primary N) is 1. The van der Waals surface area contributed by atoms with Crippen LogP contribution in [-0.4, -0.2) is 72.8 Å². The summed E-state index contributed by atoms with van der Waals surface area (Å²) in [6.07, 6.45) is 4.11. The largest absolute Gasteiger partial charge is 0.476 e. The second-order valence-electron chi connectivity index (χ2n) is 11.9. The minimum Gasteiger partial charge on any atom is -0.476 e. The number of esters is 1. The molecule has 4 N–H and O–H groups in total. The molecule has 3 aliphatic rings. The van der Waals surface area contributed by atoms with Gasteiger partial charge in [-0.05, 0) is 58.6 Å². The number of nitrogens with one attached hydrogen (secondary N) is 1. The number of aliphatic hydroxyl groups is 1. The van der Waals surface area contributed by atoms with E-state index < -0.39 is 49.5 Å². The molecule has 0 spiro atoms. The van der Waals surface area contributed by atoms with Crippen molar-refractivity contribution in [3.05, 3.63) is 36.7 Å².